The number of nitrogens with zero attached hydrogens (tertiary/aromatic N) is 2. The van der Waals surface area contributed by atoms with Gasteiger partial charge in [0.1, 0.15) is 0 Å². The lowest BCUT2D eigenvalue weighted by molar-refractivity contribution is -0.207. The van der Waals surface area contributed by atoms with Gasteiger partial charge in [-0.25, -0.2) is 9.59 Å². The first-order valence-corrected chi connectivity index (χ1v) is 7.37. The predicted octanol–water partition coefficient (Wildman–Crippen LogP) is -0.527. The van der Waals surface area contributed by atoms with Gasteiger partial charge in [-0.15, -0.1) is 10.1 Å². The summed E-state index contributed by atoms with van der Waals surface area (Å²) in [6.45, 7) is 2.68. The first kappa shape index (κ1) is 17.6. The molecule has 2 heterocycles. The van der Waals surface area contributed by atoms with Crippen LogP contribution in [-0.4, -0.2) is 45.7 Å². The quantitative estimate of drug-likeness (QED) is 0.611. The van der Waals surface area contributed by atoms with Gasteiger partial charge in [-0.3, -0.25) is 19.2 Å². The molecule has 10 nitrogen and oxygen atoms in total. The van der Waals surface area contributed by atoms with Crippen molar-refractivity contribution < 1.29 is 38.4 Å². The molecule has 2 atom stereocenters. The van der Waals surface area contributed by atoms with Gasteiger partial charge in [-0.2, -0.15) is 0 Å². The zero-order valence-corrected chi connectivity index (χ0v) is 13.1. The fourth-order valence-electron chi connectivity index (χ4n) is 2.07. The second-order valence-electron chi connectivity index (χ2n) is 5.56. The second kappa shape index (κ2) is 6.77. The zero-order chi connectivity index (χ0) is 18.0. The third-order valence-corrected chi connectivity index (χ3v) is 3.87. The highest BCUT2D eigenvalue weighted by molar-refractivity contribution is 6.02. The van der Waals surface area contributed by atoms with E-state index >= 15 is 0 Å². The molecule has 2 saturated heterocycles. The van der Waals surface area contributed by atoms with Crippen molar-refractivity contribution in [1.82, 2.24) is 10.1 Å². The van der Waals surface area contributed by atoms with E-state index in [2.05, 4.69) is 0 Å². The van der Waals surface area contributed by atoms with Gasteiger partial charge in [0.05, 0.1) is 11.8 Å². The van der Waals surface area contributed by atoms with Gasteiger partial charge < -0.3 is 9.68 Å². The van der Waals surface area contributed by atoms with Crippen molar-refractivity contribution in [1.29, 1.82) is 0 Å². The molecule has 10 heteroatoms. The third kappa shape index (κ3) is 3.42. The molecule has 0 N–H and O–H groups in total. The topological polar surface area (TPSA) is 127 Å². The molecule has 0 aliphatic carbocycles. The molecule has 2 aliphatic heterocycles. The molecule has 0 radical (unpaired) electrons. The van der Waals surface area contributed by atoms with Crippen molar-refractivity contribution in [3.05, 3.63) is 0 Å². The summed E-state index contributed by atoms with van der Waals surface area (Å²) in [6, 6.07) is 0. The van der Waals surface area contributed by atoms with Crippen molar-refractivity contribution >= 4 is 35.6 Å². The second-order valence-corrected chi connectivity index (χ2v) is 5.56. The molecule has 4 amide bonds. The van der Waals surface area contributed by atoms with E-state index in [9.17, 15) is 28.8 Å². The Morgan fingerprint density at radius 1 is 0.708 bits per heavy atom. The predicted molar refractivity (Wildman–Crippen MR) is 72.7 cm³/mol. The van der Waals surface area contributed by atoms with E-state index in [0.717, 1.165) is 0 Å². The molecule has 130 valence electrons. The summed E-state index contributed by atoms with van der Waals surface area (Å²) in [6.07, 6.45) is -0.177. The molecule has 2 fully saturated rings. The highest BCUT2D eigenvalue weighted by Gasteiger charge is 2.39. The number of rotatable bonds is 5. The highest BCUT2D eigenvalue weighted by atomic mass is 16.7. The summed E-state index contributed by atoms with van der Waals surface area (Å²) in [5, 5.41) is 0.759. The Kier molecular flexibility index (Phi) is 4.96. The van der Waals surface area contributed by atoms with Gasteiger partial charge in [0.15, 0.2) is 0 Å². The van der Waals surface area contributed by atoms with Crippen molar-refractivity contribution in [3.8, 4) is 0 Å². The number of hydrogen-bond donors (Lipinski definition) is 0. The van der Waals surface area contributed by atoms with Crippen LogP contribution in [0.1, 0.15) is 39.5 Å². The maximum absolute atomic E-state index is 12.0. The van der Waals surface area contributed by atoms with Crippen molar-refractivity contribution in [2.24, 2.45) is 11.8 Å². The van der Waals surface area contributed by atoms with Gasteiger partial charge in [0.25, 0.3) is 23.6 Å². The minimum atomic E-state index is -1.06. The maximum atomic E-state index is 12.0. The van der Waals surface area contributed by atoms with Crippen molar-refractivity contribution in [2.45, 2.75) is 39.5 Å². The minimum Gasteiger partial charge on any atom is -0.330 e. The monoisotopic (exact) mass is 340 g/mol. The SMILES string of the molecule is CC(C(=O)ON1C(=O)CCC1=O)C(C)C(=O)ON1C(=O)CCC1=O. The van der Waals surface area contributed by atoms with E-state index in [1.54, 1.807) is 0 Å². The molecule has 2 aliphatic rings. The average Bonchev–Trinajstić information content (AvgIpc) is 3.03. The molecule has 2 unspecified atom stereocenters. The van der Waals surface area contributed by atoms with E-state index < -0.39 is 47.4 Å². The zero-order valence-electron chi connectivity index (χ0n) is 13.1. The first-order valence-electron chi connectivity index (χ1n) is 7.37. The first-order chi connectivity index (χ1) is 11.2. The molecular formula is C14H16N2O8. The van der Waals surface area contributed by atoms with Gasteiger partial charge in [-0.05, 0) is 0 Å². The third-order valence-electron chi connectivity index (χ3n) is 3.87. The fourth-order valence-corrected chi connectivity index (χ4v) is 2.07. The lowest BCUT2D eigenvalue weighted by Gasteiger charge is -2.21. The van der Waals surface area contributed by atoms with Crippen LogP contribution in [0, 0.1) is 11.8 Å². The smallest absolute Gasteiger partial charge is 0.330 e. The van der Waals surface area contributed by atoms with Crippen molar-refractivity contribution in [2.75, 3.05) is 0 Å². The molecule has 0 aromatic heterocycles. The van der Waals surface area contributed by atoms with Crippen LogP contribution in [0.4, 0.5) is 0 Å². The summed E-state index contributed by atoms with van der Waals surface area (Å²) < 4.78 is 0. The largest absolute Gasteiger partial charge is 0.336 e. The lowest BCUT2D eigenvalue weighted by atomic mass is 9.96. The van der Waals surface area contributed by atoms with Crippen LogP contribution in [0.15, 0.2) is 0 Å². The average molecular weight is 340 g/mol. The highest BCUT2D eigenvalue weighted by Crippen LogP contribution is 2.20. The van der Waals surface area contributed by atoms with E-state index in [4.69, 9.17) is 9.68 Å². The summed E-state index contributed by atoms with van der Waals surface area (Å²) in [4.78, 5) is 79.0. The molecular weight excluding hydrogens is 324 g/mol. The van der Waals surface area contributed by atoms with E-state index in [0.29, 0.717) is 10.1 Å². The number of hydroxylamine groups is 4. The Morgan fingerprint density at radius 3 is 1.21 bits per heavy atom. The number of amides is 4. The van der Waals surface area contributed by atoms with Gasteiger partial charge >= 0.3 is 11.9 Å². The summed E-state index contributed by atoms with van der Waals surface area (Å²) in [5.74, 6) is -6.61. The standard InChI is InChI=1S/C14H16N2O8/c1-7(13(21)23-15-9(17)3-4-10(15)18)8(2)14(22)24-16-11(19)5-6-12(16)20/h7-8H,3-6H2,1-2H3. The summed E-state index contributed by atoms with van der Waals surface area (Å²) >= 11 is 0. The van der Waals surface area contributed by atoms with Crippen LogP contribution in [0.5, 0.6) is 0 Å². The lowest BCUT2D eigenvalue weighted by Crippen LogP contribution is -2.39. The number of carbonyl (C=O) groups excluding carboxylic acids is 6. The van der Waals surface area contributed by atoms with Crippen LogP contribution in [0.25, 0.3) is 0 Å². The molecule has 0 aromatic rings. The molecule has 0 saturated carbocycles. The van der Waals surface area contributed by atoms with E-state index in [-0.39, 0.29) is 25.7 Å². The molecule has 0 bridgehead atoms. The summed E-state index contributed by atoms with van der Waals surface area (Å²) in [5.41, 5.74) is 0. The van der Waals surface area contributed by atoms with E-state index in [1.165, 1.54) is 13.8 Å². The van der Waals surface area contributed by atoms with Crippen LogP contribution in [-0.2, 0) is 38.4 Å². The van der Waals surface area contributed by atoms with Crippen LogP contribution < -0.4 is 0 Å². The van der Waals surface area contributed by atoms with Crippen molar-refractivity contribution in [3.63, 3.8) is 0 Å². The fraction of sp³-hybridized carbons (Fsp3) is 0.571. The maximum Gasteiger partial charge on any atom is 0.336 e. The van der Waals surface area contributed by atoms with Gasteiger partial charge in [-0.1, -0.05) is 13.8 Å². The minimum absolute atomic E-state index is 0.0444. The molecule has 24 heavy (non-hydrogen) atoms. The Bertz CT molecular complexity index is 542. The van der Waals surface area contributed by atoms with Crippen LogP contribution >= 0.6 is 0 Å². The molecule has 2 rings (SSSR count). The van der Waals surface area contributed by atoms with Gasteiger partial charge in [0, 0.05) is 25.7 Å². The van der Waals surface area contributed by atoms with Gasteiger partial charge in [0.2, 0.25) is 0 Å². The molecule has 0 spiro atoms. The van der Waals surface area contributed by atoms with Crippen LogP contribution in [0.2, 0.25) is 0 Å². The Labute approximate surface area is 136 Å². The normalized spacial score (nSPS) is 20.4. The Balaban J connectivity index is 1.94. The summed E-state index contributed by atoms with van der Waals surface area (Å²) in [7, 11) is 0. The molecule has 0 aromatic carbocycles. The number of carbonyl (C=O) groups is 6. The number of hydrogen-bond acceptors (Lipinski definition) is 8. The number of imide groups is 2. The van der Waals surface area contributed by atoms with Crippen LogP contribution in [0.3, 0.4) is 0 Å². The van der Waals surface area contributed by atoms with E-state index in [1.807, 2.05) is 0 Å². The Hall–Kier alpha value is -2.78. The Morgan fingerprint density at radius 2 is 0.958 bits per heavy atom.